The Balaban J connectivity index is 1.47. The molecule has 6 nitrogen and oxygen atoms in total. The van der Waals surface area contributed by atoms with Gasteiger partial charge >= 0.3 is 0 Å². The van der Waals surface area contributed by atoms with Gasteiger partial charge in [-0.1, -0.05) is 6.07 Å². The molecule has 1 aromatic heterocycles. The number of aliphatic hydroxyl groups is 1. The summed E-state index contributed by atoms with van der Waals surface area (Å²) in [6.07, 6.45) is 3.35. The molecule has 6 heteroatoms. The van der Waals surface area contributed by atoms with Crippen molar-refractivity contribution >= 4 is 11.7 Å². The first-order valence-electron chi connectivity index (χ1n) is 8.06. The summed E-state index contributed by atoms with van der Waals surface area (Å²) in [5, 5.41) is 9.68. The molecule has 0 aromatic carbocycles. The van der Waals surface area contributed by atoms with Crippen LogP contribution in [0.5, 0.6) is 0 Å². The summed E-state index contributed by atoms with van der Waals surface area (Å²) in [4.78, 5) is 23.0. The zero-order chi connectivity index (χ0) is 15.4. The van der Waals surface area contributed by atoms with Crippen molar-refractivity contribution in [1.29, 1.82) is 0 Å². The van der Waals surface area contributed by atoms with Gasteiger partial charge in [-0.25, -0.2) is 4.98 Å². The number of pyridine rings is 1. The number of likely N-dealkylation sites (tertiary alicyclic amines) is 1. The number of carbonyl (C=O) groups excluding carboxylic acids is 1. The van der Waals surface area contributed by atoms with Crippen LogP contribution in [0.2, 0.25) is 0 Å². The Kier molecular flexibility index (Phi) is 4.90. The van der Waals surface area contributed by atoms with Crippen molar-refractivity contribution in [3.63, 3.8) is 0 Å². The van der Waals surface area contributed by atoms with Crippen molar-refractivity contribution < 1.29 is 9.90 Å². The third kappa shape index (κ3) is 3.75. The maximum absolute atomic E-state index is 12.4. The number of carbonyl (C=O) groups is 1. The highest BCUT2D eigenvalue weighted by atomic mass is 16.3. The lowest BCUT2D eigenvalue weighted by Gasteiger charge is -2.37. The van der Waals surface area contributed by atoms with Crippen LogP contribution in [-0.4, -0.2) is 77.7 Å². The van der Waals surface area contributed by atoms with Gasteiger partial charge in [-0.05, 0) is 31.5 Å². The highest BCUT2D eigenvalue weighted by Crippen LogP contribution is 2.14. The third-order valence-electron chi connectivity index (χ3n) is 4.45. The van der Waals surface area contributed by atoms with Gasteiger partial charge < -0.3 is 14.9 Å². The van der Waals surface area contributed by atoms with Crippen LogP contribution < -0.4 is 4.90 Å². The molecule has 1 atom stereocenters. The van der Waals surface area contributed by atoms with E-state index in [1.807, 2.05) is 23.1 Å². The number of amides is 1. The van der Waals surface area contributed by atoms with E-state index in [0.717, 1.165) is 51.4 Å². The van der Waals surface area contributed by atoms with Crippen molar-refractivity contribution in [2.24, 2.45) is 0 Å². The molecule has 2 saturated heterocycles. The number of hydrogen-bond acceptors (Lipinski definition) is 5. The zero-order valence-electron chi connectivity index (χ0n) is 12.9. The molecule has 1 amide bonds. The predicted octanol–water partition coefficient (Wildman–Crippen LogP) is 0.187. The van der Waals surface area contributed by atoms with Gasteiger partial charge in [0.15, 0.2) is 0 Å². The van der Waals surface area contributed by atoms with Gasteiger partial charge in [0, 0.05) is 38.9 Å². The number of β-amino-alcohol motifs (C(OH)–C–C–N with tert-alkyl or cyclic N) is 1. The summed E-state index contributed by atoms with van der Waals surface area (Å²) < 4.78 is 0. The summed E-state index contributed by atoms with van der Waals surface area (Å²) in [6, 6.07) is 5.91. The van der Waals surface area contributed by atoms with E-state index in [0.29, 0.717) is 13.1 Å². The fourth-order valence-electron chi connectivity index (χ4n) is 3.19. The van der Waals surface area contributed by atoms with Gasteiger partial charge in [-0.2, -0.15) is 0 Å². The molecular weight excluding hydrogens is 280 g/mol. The first-order valence-corrected chi connectivity index (χ1v) is 8.06. The van der Waals surface area contributed by atoms with Crippen molar-refractivity contribution in [2.75, 3.05) is 50.7 Å². The molecule has 1 unspecified atom stereocenters. The van der Waals surface area contributed by atoms with Crippen LogP contribution in [0.25, 0.3) is 0 Å². The largest absolute Gasteiger partial charge is 0.392 e. The Morgan fingerprint density at radius 3 is 2.73 bits per heavy atom. The summed E-state index contributed by atoms with van der Waals surface area (Å²) >= 11 is 0. The second-order valence-electron chi connectivity index (χ2n) is 6.09. The number of piperazine rings is 1. The van der Waals surface area contributed by atoms with Gasteiger partial charge in [0.25, 0.3) is 0 Å². The number of aliphatic hydroxyl groups excluding tert-OH is 1. The lowest BCUT2D eigenvalue weighted by atomic mass is 10.1. The molecule has 2 aliphatic rings. The molecule has 3 heterocycles. The number of piperidine rings is 1. The zero-order valence-corrected chi connectivity index (χ0v) is 12.9. The quantitative estimate of drug-likeness (QED) is 0.864. The van der Waals surface area contributed by atoms with Gasteiger partial charge in [0.2, 0.25) is 5.91 Å². The average Bonchev–Trinajstić information content (AvgIpc) is 2.56. The monoisotopic (exact) mass is 304 g/mol. The number of nitrogens with zero attached hydrogens (tertiary/aromatic N) is 4. The molecule has 2 aliphatic heterocycles. The minimum atomic E-state index is -0.275. The number of hydrogen-bond donors (Lipinski definition) is 1. The van der Waals surface area contributed by atoms with Gasteiger partial charge in [-0.15, -0.1) is 0 Å². The van der Waals surface area contributed by atoms with Crippen LogP contribution in [0, 0.1) is 0 Å². The van der Waals surface area contributed by atoms with Crippen LogP contribution in [0.4, 0.5) is 5.82 Å². The van der Waals surface area contributed by atoms with Crippen LogP contribution in [0.3, 0.4) is 0 Å². The van der Waals surface area contributed by atoms with E-state index in [1.165, 1.54) is 0 Å². The molecule has 1 aromatic rings. The van der Waals surface area contributed by atoms with E-state index in [1.54, 1.807) is 6.20 Å². The standard InChI is InChI=1S/C16H24N4O2/c21-14-4-3-7-18(12-14)13-16(22)20-10-8-19(9-11-20)15-5-1-2-6-17-15/h1-2,5-6,14,21H,3-4,7-13H2. The topological polar surface area (TPSA) is 59.9 Å². The Labute approximate surface area is 131 Å². The maximum atomic E-state index is 12.4. The molecule has 0 radical (unpaired) electrons. The Bertz CT molecular complexity index is 488. The lowest BCUT2D eigenvalue weighted by Crippen LogP contribution is -2.52. The molecule has 0 bridgehead atoms. The summed E-state index contributed by atoms with van der Waals surface area (Å²) in [5.74, 6) is 1.16. The highest BCUT2D eigenvalue weighted by molar-refractivity contribution is 5.78. The van der Waals surface area contributed by atoms with Gasteiger partial charge in [0.05, 0.1) is 12.6 Å². The minimum Gasteiger partial charge on any atom is -0.392 e. The molecule has 120 valence electrons. The van der Waals surface area contributed by atoms with Crippen LogP contribution >= 0.6 is 0 Å². The van der Waals surface area contributed by atoms with Crippen molar-refractivity contribution in [3.05, 3.63) is 24.4 Å². The molecule has 22 heavy (non-hydrogen) atoms. The SMILES string of the molecule is O=C(CN1CCCC(O)C1)N1CCN(c2ccccn2)CC1. The van der Waals surface area contributed by atoms with E-state index >= 15 is 0 Å². The molecule has 0 spiro atoms. The molecule has 1 N–H and O–H groups in total. The first kappa shape index (κ1) is 15.2. The maximum Gasteiger partial charge on any atom is 0.236 e. The number of rotatable bonds is 3. The van der Waals surface area contributed by atoms with Crippen molar-refractivity contribution in [3.8, 4) is 0 Å². The normalized spacial score (nSPS) is 23.6. The van der Waals surface area contributed by atoms with E-state index in [-0.39, 0.29) is 12.0 Å². The van der Waals surface area contributed by atoms with Crippen LogP contribution in [-0.2, 0) is 4.79 Å². The summed E-state index contributed by atoms with van der Waals surface area (Å²) in [7, 11) is 0. The highest BCUT2D eigenvalue weighted by Gasteiger charge is 2.25. The van der Waals surface area contributed by atoms with Gasteiger partial charge in [-0.3, -0.25) is 9.69 Å². The summed E-state index contributed by atoms with van der Waals surface area (Å²) in [5.41, 5.74) is 0. The smallest absolute Gasteiger partial charge is 0.236 e. The molecule has 3 rings (SSSR count). The predicted molar refractivity (Wildman–Crippen MR) is 84.7 cm³/mol. The molecule has 0 aliphatic carbocycles. The molecule has 0 saturated carbocycles. The van der Waals surface area contributed by atoms with Gasteiger partial charge in [0.1, 0.15) is 5.82 Å². The van der Waals surface area contributed by atoms with Crippen LogP contribution in [0.1, 0.15) is 12.8 Å². The lowest BCUT2D eigenvalue weighted by molar-refractivity contribution is -0.133. The molecular formula is C16H24N4O2. The first-order chi connectivity index (χ1) is 10.7. The van der Waals surface area contributed by atoms with Crippen LogP contribution in [0.15, 0.2) is 24.4 Å². The second-order valence-corrected chi connectivity index (χ2v) is 6.09. The fourth-order valence-corrected chi connectivity index (χ4v) is 3.19. The minimum absolute atomic E-state index is 0.176. The second kappa shape index (κ2) is 7.07. The summed E-state index contributed by atoms with van der Waals surface area (Å²) in [6.45, 7) is 5.10. The average molecular weight is 304 g/mol. The van der Waals surface area contributed by atoms with E-state index in [2.05, 4.69) is 14.8 Å². The van der Waals surface area contributed by atoms with E-state index in [9.17, 15) is 9.90 Å². The Hall–Kier alpha value is -1.66. The Morgan fingerprint density at radius 1 is 1.23 bits per heavy atom. The Morgan fingerprint density at radius 2 is 2.05 bits per heavy atom. The molecule has 2 fully saturated rings. The van der Waals surface area contributed by atoms with E-state index in [4.69, 9.17) is 0 Å². The van der Waals surface area contributed by atoms with E-state index < -0.39 is 0 Å². The van der Waals surface area contributed by atoms with Crippen molar-refractivity contribution in [1.82, 2.24) is 14.8 Å². The van der Waals surface area contributed by atoms with Crippen molar-refractivity contribution in [2.45, 2.75) is 18.9 Å². The number of aromatic nitrogens is 1. The third-order valence-corrected chi connectivity index (χ3v) is 4.45. The fraction of sp³-hybridized carbons (Fsp3) is 0.625. The number of anilines is 1.